The van der Waals surface area contributed by atoms with Gasteiger partial charge in [-0.2, -0.15) is 5.10 Å². The molecule has 3 aromatic rings. The second-order valence-corrected chi connectivity index (χ2v) is 8.37. The maximum Gasteiger partial charge on any atom is 0.267 e. The van der Waals surface area contributed by atoms with Crippen LogP contribution in [-0.4, -0.2) is 33.7 Å². The van der Waals surface area contributed by atoms with Crippen molar-refractivity contribution in [3.8, 4) is 11.3 Å². The van der Waals surface area contributed by atoms with Crippen LogP contribution in [0.5, 0.6) is 0 Å². The number of piperidine rings is 1. The molecule has 2 heterocycles. The molecule has 1 aliphatic heterocycles. The largest absolute Gasteiger partial charge is 0.343 e. The average molecular weight is 416 g/mol. The summed E-state index contributed by atoms with van der Waals surface area (Å²) in [4.78, 5) is 27.1. The monoisotopic (exact) mass is 415 g/mol. The lowest BCUT2D eigenvalue weighted by molar-refractivity contribution is -0.132. The van der Waals surface area contributed by atoms with Gasteiger partial charge in [-0.25, -0.2) is 4.68 Å². The molecule has 0 spiro atoms. The average Bonchev–Trinajstić information content (AvgIpc) is 2.81. The molecule has 1 aromatic heterocycles. The Kier molecular flexibility index (Phi) is 6.60. The van der Waals surface area contributed by atoms with Crippen molar-refractivity contribution in [1.29, 1.82) is 0 Å². The number of aromatic nitrogens is 2. The van der Waals surface area contributed by atoms with Crippen molar-refractivity contribution in [2.75, 3.05) is 13.1 Å². The second kappa shape index (κ2) is 9.73. The first-order chi connectivity index (χ1) is 15.1. The van der Waals surface area contributed by atoms with E-state index in [0.29, 0.717) is 18.9 Å². The molecular weight excluding hydrogens is 386 g/mol. The molecule has 5 heteroatoms. The molecule has 0 N–H and O–H groups in total. The fourth-order valence-electron chi connectivity index (χ4n) is 4.25. The van der Waals surface area contributed by atoms with Crippen molar-refractivity contribution in [3.63, 3.8) is 0 Å². The second-order valence-electron chi connectivity index (χ2n) is 8.37. The van der Waals surface area contributed by atoms with Crippen molar-refractivity contribution < 1.29 is 4.79 Å². The van der Waals surface area contributed by atoms with E-state index < -0.39 is 0 Å². The van der Waals surface area contributed by atoms with Gasteiger partial charge < -0.3 is 4.90 Å². The van der Waals surface area contributed by atoms with Crippen LogP contribution >= 0.6 is 0 Å². The molecule has 160 valence electrons. The highest BCUT2D eigenvalue weighted by Crippen LogP contribution is 2.22. The Morgan fingerprint density at radius 2 is 1.65 bits per heavy atom. The molecule has 0 aliphatic carbocycles. The zero-order valence-electron chi connectivity index (χ0n) is 18.0. The lowest BCUT2D eigenvalue weighted by Gasteiger charge is -2.32. The molecule has 1 aliphatic rings. The van der Waals surface area contributed by atoms with Gasteiger partial charge in [-0.3, -0.25) is 9.59 Å². The van der Waals surface area contributed by atoms with Crippen LogP contribution in [0.4, 0.5) is 0 Å². The predicted molar refractivity (Wildman–Crippen MR) is 123 cm³/mol. The summed E-state index contributed by atoms with van der Waals surface area (Å²) >= 11 is 0. The third-order valence-corrected chi connectivity index (χ3v) is 6.10. The maximum absolute atomic E-state index is 12.6. The number of hydrogen-bond donors (Lipinski definition) is 0. The number of benzene rings is 2. The van der Waals surface area contributed by atoms with Crippen molar-refractivity contribution in [2.24, 2.45) is 5.92 Å². The molecule has 0 unspecified atom stereocenters. The first-order valence-electron chi connectivity index (χ1n) is 11.1. The summed E-state index contributed by atoms with van der Waals surface area (Å²) in [5.41, 5.74) is 3.91. The first kappa shape index (κ1) is 21.0. The maximum atomic E-state index is 12.6. The van der Waals surface area contributed by atoms with E-state index in [9.17, 15) is 9.59 Å². The summed E-state index contributed by atoms with van der Waals surface area (Å²) in [6, 6.07) is 21.8. The Balaban J connectivity index is 1.34. The van der Waals surface area contributed by atoms with Crippen molar-refractivity contribution in [2.45, 2.75) is 39.2 Å². The van der Waals surface area contributed by atoms with Gasteiger partial charge in [-0.05, 0) is 43.2 Å². The minimum absolute atomic E-state index is 0.0569. The van der Waals surface area contributed by atoms with Crippen LogP contribution in [0.25, 0.3) is 11.3 Å². The zero-order chi connectivity index (χ0) is 21.6. The van der Waals surface area contributed by atoms with Crippen LogP contribution in [0, 0.1) is 12.8 Å². The number of amides is 1. The van der Waals surface area contributed by atoms with E-state index in [0.717, 1.165) is 49.2 Å². The molecule has 1 amide bonds. The Morgan fingerprint density at radius 1 is 1.00 bits per heavy atom. The normalized spacial score (nSPS) is 14.5. The van der Waals surface area contributed by atoms with Crippen LogP contribution in [0.1, 0.15) is 30.4 Å². The minimum atomic E-state index is -0.0569. The molecule has 1 saturated heterocycles. The number of nitrogens with zero attached hydrogens (tertiary/aromatic N) is 3. The van der Waals surface area contributed by atoms with Crippen molar-refractivity contribution >= 4 is 5.91 Å². The lowest BCUT2D eigenvalue weighted by atomic mass is 9.96. The van der Waals surface area contributed by atoms with Gasteiger partial charge >= 0.3 is 0 Å². The Hall–Kier alpha value is -3.21. The molecule has 0 saturated carbocycles. The molecule has 0 bridgehead atoms. The van der Waals surface area contributed by atoms with Crippen molar-refractivity contribution in [1.82, 2.24) is 14.7 Å². The molecule has 4 rings (SSSR count). The van der Waals surface area contributed by atoms with Gasteiger partial charge in [0.25, 0.3) is 5.56 Å². The predicted octanol–water partition coefficient (Wildman–Crippen LogP) is 4.09. The smallest absolute Gasteiger partial charge is 0.267 e. The highest BCUT2D eigenvalue weighted by Gasteiger charge is 2.23. The highest BCUT2D eigenvalue weighted by atomic mass is 16.2. The number of likely N-dealkylation sites (tertiary alicyclic amines) is 1. The Morgan fingerprint density at radius 3 is 2.32 bits per heavy atom. The van der Waals surface area contributed by atoms with Crippen LogP contribution < -0.4 is 5.56 Å². The lowest BCUT2D eigenvalue weighted by Crippen LogP contribution is -2.40. The Bertz CT molecular complexity index is 1070. The van der Waals surface area contributed by atoms with Crippen LogP contribution in [-0.2, 0) is 17.8 Å². The molecule has 0 atom stereocenters. The van der Waals surface area contributed by atoms with Gasteiger partial charge in [-0.1, -0.05) is 60.7 Å². The zero-order valence-corrected chi connectivity index (χ0v) is 18.0. The summed E-state index contributed by atoms with van der Waals surface area (Å²) in [7, 11) is 0. The van der Waals surface area contributed by atoms with Crippen molar-refractivity contribution in [3.05, 3.63) is 88.2 Å². The molecule has 0 radical (unpaired) electrons. The van der Waals surface area contributed by atoms with Gasteiger partial charge in [0.2, 0.25) is 5.91 Å². The van der Waals surface area contributed by atoms with E-state index in [-0.39, 0.29) is 11.5 Å². The summed E-state index contributed by atoms with van der Waals surface area (Å²) in [6.45, 7) is 4.04. The SMILES string of the molecule is Cc1cc(=O)n(CC2CCN(C(=O)CCc3ccccc3)CC2)nc1-c1ccccc1. The molecule has 5 nitrogen and oxygen atoms in total. The first-order valence-corrected chi connectivity index (χ1v) is 11.1. The van der Waals surface area contributed by atoms with Gasteiger partial charge in [0, 0.05) is 37.7 Å². The summed E-state index contributed by atoms with van der Waals surface area (Å²) in [5, 5.41) is 4.68. The molecule has 31 heavy (non-hydrogen) atoms. The molecule has 2 aromatic carbocycles. The van der Waals surface area contributed by atoms with E-state index in [1.807, 2.05) is 60.4 Å². The fraction of sp³-hybridized carbons (Fsp3) is 0.346. The van der Waals surface area contributed by atoms with E-state index >= 15 is 0 Å². The van der Waals surface area contributed by atoms with E-state index in [4.69, 9.17) is 0 Å². The summed E-state index contributed by atoms with van der Waals surface area (Å²) in [6.07, 6.45) is 3.14. The standard InChI is InChI=1S/C26H29N3O2/c1-20-18-25(31)29(27-26(20)23-10-6-3-7-11-23)19-22-14-16-28(17-15-22)24(30)13-12-21-8-4-2-5-9-21/h2-11,18,22H,12-17,19H2,1H3. The Labute approximate surface area is 183 Å². The molecular formula is C26H29N3O2. The number of rotatable bonds is 6. The van der Waals surface area contributed by atoms with Gasteiger partial charge in [0.15, 0.2) is 0 Å². The van der Waals surface area contributed by atoms with E-state index in [2.05, 4.69) is 17.2 Å². The van der Waals surface area contributed by atoms with Gasteiger partial charge in [-0.15, -0.1) is 0 Å². The van der Waals surface area contributed by atoms with E-state index in [1.165, 1.54) is 5.56 Å². The molecule has 1 fully saturated rings. The van der Waals surface area contributed by atoms with Gasteiger partial charge in [0.1, 0.15) is 0 Å². The van der Waals surface area contributed by atoms with E-state index in [1.54, 1.807) is 10.7 Å². The van der Waals surface area contributed by atoms with Crippen LogP contribution in [0.15, 0.2) is 71.5 Å². The minimum Gasteiger partial charge on any atom is -0.343 e. The third kappa shape index (κ3) is 5.29. The number of aryl methyl sites for hydroxylation is 2. The quantitative estimate of drug-likeness (QED) is 0.609. The number of carbonyl (C=O) groups is 1. The fourth-order valence-corrected chi connectivity index (χ4v) is 4.25. The topological polar surface area (TPSA) is 55.2 Å². The number of hydrogen-bond acceptors (Lipinski definition) is 3. The summed E-state index contributed by atoms with van der Waals surface area (Å²) in [5.74, 6) is 0.578. The number of carbonyl (C=O) groups excluding carboxylic acids is 1. The van der Waals surface area contributed by atoms with Crippen LogP contribution in [0.3, 0.4) is 0 Å². The third-order valence-electron chi connectivity index (χ3n) is 6.10. The van der Waals surface area contributed by atoms with Gasteiger partial charge in [0.05, 0.1) is 5.69 Å². The highest BCUT2D eigenvalue weighted by molar-refractivity contribution is 5.76. The van der Waals surface area contributed by atoms with Crippen LogP contribution in [0.2, 0.25) is 0 Å². The summed E-state index contributed by atoms with van der Waals surface area (Å²) < 4.78 is 1.60.